The van der Waals surface area contributed by atoms with Crippen LogP contribution in [0.3, 0.4) is 0 Å². The molecule has 0 saturated carbocycles. The van der Waals surface area contributed by atoms with Crippen molar-refractivity contribution in [2.24, 2.45) is 5.92 Å². The van der Waals surface area contributed by atoms with Crippen LogP contribution >= 0.6 is 22.9 Å². The van der Waals surface area contributed by atoms with Gasteiger partial charge < -0.3 is 24.5 Å². The molecule has 2 aliphatic rings. The van der Waals surface area contributed by atoms with E-state index in [-0.39, 0.29) is 27.6 Å². The predicted molar refractivity (Wildman–Crippen MR) is 117 cm³/mol. The summed E-state index contributed by atoms with van der Waals surface area (Å²) in [5, 5.41) is 18.4. The SMILES string of the molecule is CC1NOC2=CCN(COc3cccc(-c4sc(C(=O)O)c(OCC(=O)O)c4Cl)c3)CC21. The van der Waals surface area contributed by atoms with Gasteiger partial charge in [-0.15, -0.1) is 11.3 Å². The molecule has 3 heterocycles. The van der Waals surface area contributed by atoms with E-state index in [0.29, 0.717) is 29.5 Å². The standard InChI is InChI=1S/C21H21ClN2O7S/c1-11-14-8-24(6-5-15(14)31-23-11)10-30-13-4-2-3-12(7-13)19-17(22)18(29-9-16(25)26)20(32-19)21(27)28/h2-5,7,11,14,23H,6,8-10H2,1H3,(H,25,26)(H,27,28). The lowest BCUT2D eigenvalue weighted by atomic mass is 9.97. The smallest absolute Gasteiger partial charge is 0.349 e. The van der Waals surface area contributed by atoms with Gasteiger partial charge in [0.15, 0.2) is 17.2 Å². The van der Waals surface area contributed by atoms with Gasteiger partial charge >= 0.3 is 11.9 Å². The molecule has 1 fully saturated rings. The molecule has 11 heteroatoms. The van der Waals surface area contributed by atoms with Gasteiger partial charge in [0.05, 0.1) is 10.9 Å². The lowest BCUT2D eigenvalue weighted by molar-refractivity contribution is -0.139. The first kappa shape index (κ1) is 22.4. The highest BCUT2D eigenvalue weighted by Gasteiger charge is 2.34. The number of aromatic carboxylic acids is 1. The van der Waals surface area contributed by atoms with Crippen molar-refractivity contribution < 1.29 is 34.1 Å². The molecule has 0 bridgehead atoms. The minimum atomic E-state index is -1.24. The number of aliphatic carboxylic acids is 1. The van der Waals surface area contributed by atoms with E-state index in [1.54, 1.807) is 24.3 Å². The number of thiophene rings is 1. The Morgan fingerprint density at radius 2 is 2.16 bits per heavy atom. The molecule has 9 nitrogen and oxygen atoms in total. The number of carbonyl (C=O) groups is 2. The number of carboxylic acid groups (broad SMARTS) is 2. The van der Waals surface area contributed by atoms with Crippen molar-refractivity contribution in [2.75, 3.05) is 26.4 Å². The fourth-order valence-electron chi connectivity index (χ4n) is 3.56. The van der Waals surface area contributed by atoms with Gasteiger partial charge in [-0.3, -0.25) is 4.90 Å². The molecule has 0 aliphatic carbocycles. The van der Waals surface area contributed by atoms with Gasteiger partial charge in [0, 0.05) is 19.0 Å². The van der Waals surface area contributed by atoms with Crippen LogP contribution < -0.4 is 15.0 Å². The summed E-state index contributed by atoms with van der Waals surface area (Å²) in [6, 6.07) is 7.35. The van der Waals surface area contributed by atoms with Crippen molar-refractivity contribution >= 4 is 34.9 Å². The van der Waals surface area contributed by atoms with E-state index in [4.69, 9.17) is 31.0 Å². The number of hydroxylamine groups is 1. The Bertz CT molecular complexity index is 1070. The molecule has 2 unspecified atom stereocenters. The number of ether oxygens (including phenoxy) is 2. The van der Waals surface area contributed by atoms with Gasteiger partial charge in [-0.2, -0.15) is 5.48 Å². The normalized spacial score (nSPS) is 20.2. The van der Waals surface area contributed by atoms with E-state index in [9.17, 15) is 14.7 Å². The van der Waals surface area contributed by atoms with Crippen LogP contribution in [-0.2, 0) is 9.63 Å². The molecule has 1 saturated heterocycles. The van der Waals surface area contributed by atoms with E-state index < -0.39 is 18.5 Å². The lowest BCUT2D eigenvalue weighted by Crippen LogP contribution is -2.39. The van der Waals surface area contributed by atoms with Crippen molar-refractivity contribution in [3.8, 4) is 21.9 Å². The van der Waals surface area contributed by atoms with Crippen LogP contribution in [0.4, 0.5) is 0 Å². The van der Waals surface area contributed by atoms with E-state index in [0.717, 1.165) is 23.6 Å². The summed E-state index contributed by atoms with van der Waals surface area (Å²) in [7, 11) is 0. The Labute approximate surface area is 192 Å². The molecule has 0 radical (unpaired) electrons. The molecule has 0 spiro atoms. The molecule has 0 amide bonds. The number of fused-ring (bicyclic) bond motifs is 1. The van der Waals surface area contributed by atoms with Crippen molar-refractivity contribution in [3.05, 3.63) is 46.0 Å². The van der Waals surface area contributed by atoms with Crippen LogP contribution in [0.2, 0.25) is 5.02 Å². The molecular formula is C21H21ClN2O7S. The molecule has 32 heavy (non-hydrogen) atoms. The number of nitrogens with zero attached hydrogens (tertiary/aromatic N) is 1. The molecule has 1 aromatic carbocycles. The number of halogens is 1. The third-order valence-electron chi connectivity index (χ3n) is 5.19. The minimum Gasteiger partial charge on any atom is -0.479 e. The number of hydrogen-bond donors (Lipinski definition) is 3. The molecule has 2 aromatic rings. The molecule has 2 atom stereocenters. The maximum absolute atomic E-state index is 11.6. The van der Waals surface area contributed by atoms with E-state index in [1.807, 2.05) is 6.08 Å². The monoisotopic (exact) mass is 480 g/mol. The van der Waals surface area contributed by atoms with E-state index in [2.05, 4.69) is 17.3 Å². The van der Waals surface area contributed by atoms with Gasteiger partial charge in [0.2, 0.25) is 0 Å². The van der Waals surface area contributed by atoms with E-state index in [1.165, 1.54) is 0 Å². The summed E-state index contributed by atoms with van der Waals surface area (Å²) in [5.41, 5.74) is 3.63. The second-order valence-electron chi connectivity index (χ2n) is 7.45. The highest BCUT2D eigenvalue weighted by atomic mass is 35.5. The van der Waals surface area contributed by atoms with Crippen molar-refractivity contribution in [1.82, 2.24) is 10.4 Å². The second kappa shape index (κ2) is 9.37. The van der Waals surface area contributed by atoms with Gasteiger partial charge in [-0.25, -0.2) is 9.59 Å². The van der Waals surface area contributed by atoms with Crippen LogP contribution in [0, 0.1) is 5.92 Å². The number of hydrogen-bond acceptors (Lipinski definition) is 8. The second-order valence-corrected chi connectivity index (χ2v) is 8.85. The van der Waals surface area contributed by atoms with Crippen LogP contribution in [0.5, 0.6) is 11.5 Å². The summed E-state index contributed by atoms with van der Waals surface area (Å²) in [6.45, 7) is 3.28. The van der Waals surface area contributed by atoms with Crippen LogP contribution in [0.1, 0.15) is 16.6 Å². The zero-order valence-corrected chi connectivity index (χ0v) is 18.6. The van der Waals surface area contributed by atoms with Crippen LogP contribution in [0.25, 0.3) is 10.4 Å². The fourth-order valence-corrected chi connectivity index (χ4v) is 4.96. The zero-order chi connectivity index (χ0) is 22.8. The number of nitrogens with one attached hydrogen (secondary N) is 1. The molecule has 2 aliphatic heterocycles. The summed E-state index contributed by atoms with van der Waals surface area (Å²) >= 11 is 7.28. The van der Waals surface area contributed by atoms with Crippen molar-refractivity contribution in [2.45, 2.75) is 13.0 Å². The van der Waals surface area contributed by atoms with Crippen molar-refractivity contribution in [1.29, 1.82) is 0 Å². The Kier molecular flexibility index (Phi) is 6.56. The Morgan fingerprint density at radius 1 is 1.34 bits per heavy atom. The van der Waals surface area contributed by atoms with Crippen LogP contribution in [0.15, 0.2) is 36.1 Å². The first-order valence-electron chi connectivity index (χ1n) is 9.81. The lowest BCUT2D eigenvalue weighted by Gasteiger charge is -2.28. The zero-order valence-electron chi connectivity index (χ0n) is 17.0. The first-order valence-corrected chi connectivity index (χ1v) is 11.0. The Morgan fingerprint density at radius 3 is 2.91 bits per heavy atom. The summed E-state index contributed by atoms with van der Waals surface area (Å²) in [4.78, 5) is 30.3. The molecule has 170 valence electrons. The average molecular weight is 481 g/mol. The Hall–Kier alpha value is -2.79. The highest BCUT2D eigenvalue weighted by molar-refractivity contribution is 7.18. The predicted octanol–water partition coefficient (Wildman–Crippen LogP) is 3.31. The van der Waals surface area contributed by atoms with Gasteiger partial charge in [-0.1, -0.05) is 23.7 Å². The largest absolute Gasteiger partial charge is 0.479 e. The number of carboxylic acids is 2. The maximum Gasteiger partial charge on any atom is 0.349 e. The summed E-state index contributed by atoms with van der Waals surface area (Å²) in [5.74, 6) is -0.770. The van der Waals surface area contributed by atoms with Crippen LogP contribution in [-0.4, -0.2) is 59.5 Å². The number of rotatable bonds is 8. The highest BCUT2D eigenvalue weighted by Crippen LogP contribution is 2.46. The maximum atomic E-state index is 11.6. The van der Waals surface area contributed by atoms with Gasteiger partial charge in [0.1, 0.15) is 23.3 Å². The first-order chi connectivity index (χ1) is 15.3. The quantitative estimate of drug-likeness (QED) is 0.523. The summed E-state index contributed by atoms with van der Waals surface area (Å²) in [6.07, 6.45) is 2.04. The van der Waals surface area contributed by atoms with Gasteiger partial charge in [0.25, 0.3) is 0 Å². The third kappa shape index (κ3) is 4.68. The summed E-state index contributed by atoms with van der Waals surface area (Å²) < 4.78 is 11.1. The molecule has 1 aromatic heterocycles. The average Bonchev–Trinajstić information content (AvgIpc) is 3.30. The van der Waals surface area contributed by atoms with E-state index >= 15 is 0 Å². The topological polar surface area (TPSA) is 118 Å². The molecule has 4 rings (SSSR count). The number of benzene rings is 1. The minimum absolute atomic E-state index is 0.0576. The third-order valence-corrected chi connectivity index (χ3v) is 6.87. The van der Waals surface area contributed by atoms with Crippen molar-refractivity contribution in [3.63, 3.8) is 0 Å². The molecular weight excluding hydrogens is 460 g/mol. The fraction of sp³-hybridized carbons (Fsp3) is 0.333. The Balaban J connectivity index is 1.49. The molecule has 3 N–H and O–H groups in total. The van der Waals surface area contributed by atoms with Gasteiger partial charge in [-0.05, 0) is 30.7 Å².